The lowest BCUT2D eigenvalue weighted by Crippen LogP contribution is -2.46. The Balaban J connectivity index is 1.59. The Bertz CT molecular complexity index is 849. The van der Waals surface area contributed by atoms with Crippen LogP contribution in [0.25, 0.3) is 0 Å². The number of carbonyl (C=O) groups excluding carboxylic acids is 2. The van der Waals surface area contributed by atoms with Crippen LogP contribution in [0.15, 0.2) is 30.5 Å². The maximum Gasteiger partial charge on any atom is 0.225 e. The molecule has 1 saturated heterocycles. The molecular formula is C19H19FN4O2. The third-order valence-electron chi connectivity index (χ3n) is 5.12. The number of amides is 1. The summed E-state index contributed by atoms with van der Waals surface area (Å²) in [5.74, 6) is 0.0342. The van der Waals surface area contributed by atoms with Crippen molar-refractivity contribution in [2.24, 2.45) is 0 Å². The van der Waals surface area contributed by atoms with Crippen LogP contribution < -0.4 is 4.90 Å². The number of hydrogen-bond donors (Lipinski definition) is 0. The van der Waals surface area contributed by atoms with Crippen LogP contribution in [0.2, 0.25) is 0 Å². The van der Waals surface area contributed by atoms with Crippen molar-refractivity contribution in [3.8, 4) is 0 Å². The lowest BCUT2D eigenvalue weighted by Gasteiger charge is -2.33. The van der Waals surface area contributed by atoms with Gasteiger partial charge in [0.15, 0.2) is 5.78 Å². The van der Waals surface area contributed by atoms with E-state index in [1.54, 1.807) is 29.3 Å². The van der Waals surface area contributed by atoms with Crippen LogP contribution in [-0.2, 0) is 11.2 Å². The third kappa shape index (κ3) is 3.05. The Hall–Kier alpha value is -2.83. The minimum atomic E-state index is -0.284. The van der Waals surface area contributed by atoms with E-state index in [2.05, 4.69) is 9.97 Å². The van der Waals surface area contributed by atoms with Crippen LogP contribution >= 0.6 is 0 Å². The van der Waals surface area contributed by atoms with Gasteiger partial charge in [0, 0.05) is 38.8 Å². The van der Waals surface area contributed by atoms with E-state index >= 15 is 0 Å². The van der Waals surface area contributed by atoms with E-state index in [-0.39, 0.29) is 23.9 Å². The van der Waals surface area contributed by atoms with Gasteiger partial charge in [-0.3, -0.25) is 9.59 Å². The topological polar surface area (TPSA) is 66.4 Å². The van der Waals surface area contributed by atoms with Gasteiger partial charge in [-0.25, -0.2) is 14.4 Å². The van der Waals surface area contributed by atoms with Gasteiger partial charge in [-0.05, 0) is 24.0 Å². The molecule has 2 aliphatic rings. The normalized spacial score (nSPS) is 20.0. The van der Waals surface area contributed by atoms with Crippen molar-refractivity contribution < 1.29 is 14.0 Å². The van der Waals surface area contributed by atoms with E-state index in [1.807, 2.05) is 4.90 Å². The highest BCUT2D eigenvalue weighted by Gasteiger charge is 2.30. The average Bonchev–Trinajstić information content (AvgIpc) is 2.68. The fourth-order valence-corrected chi connectivity index (χ4v) is 3.64. The van der Waals surface area contributed by atoms with E-state index in [9.17, 15) is 14.0 Å². The molecule has 4 rings (SSSR count). The molecular weight excluding hydrogens is 335 g/mol. The first-order chi connectivity index (χ1) is 12.7. The number of piperazine rings is 1. The molecule has 1 aromatic carbocycles. The van der Waals surface area contributed by atoms with Crippen LogP contribution in [0.3, 0.4) is 0 Å². The first-order valence-electron chi connectivity index (χ1n) is 8.73. The van der Waals surface area contributed by atoms with Crippen molar-refractivity contribution in [3.63, 3.8) is 0 Å². The van der Waals surface area contributed by atoms with Gasteiger partial charge in [0.1, 0.15) is 5.82 Å². The molecule has 2 heterocycles. The molecule has 0 N–H and O–H groups in total. The largest absolute Gasteiger partial charge is 0.342 e. The number of ketones is 1. The number of halogens is 1. The number of nitrogens with zero attached hydrogens (tertiary/aromatic N) is 4. The molecule has 1 atom stereocenters. The Morgan fingerprint density at radius 1 is 1.12 bits per heavy atom. The summed E-state index contributed by atoms with van der Waals surface area (Å²) in [4.78, 5) is 36.0. The highest BCUT2D eigenvalue weighted by atomic mass is 19.1. The van der Waals surface area contributed by atoms with E-state index in [0.29, 0.717) is 55.4 Å². The number of hydrogen-bond acceptors (Lipinski definition) is 5. The standard InChI is InChI=1S/C19H19FN4O2/c20-16-4-2-1-3-14(16)13-9-17-15(18(26)10-13)11-21-19(22-17)24-7-5-23(12-25)6-8-24/h1-4,11-13H,5-10H2/t13-/m1/s1. The van der Waals surface area contributed by atoms with Crippen LogP contribution in [0.4, 0.5) is 10.3 Å². The van der Waals surface area contributed by atoms with Gasteiger partial charge >= 0.3 is 0 Å². The summed E-state index contributed by atoms with van der Waals surface area (Å²) < 4.78 is 14.1. The van der Waals surface area contributed by atoms with E-state index in [4.69, 9.17) is 0 Å². The molecule has 134 valence electrons. The molecule has 1 aliphatic carbocycles. The van der Waals surface area contributed by atoms with Gasteiger partial charge < -0.3 is 9.80 Å². The zero-order valence-electron chi connectivity index (χ0n) is 14.3. The summed E-state index contributed by atoms with van der Waals surface area (Å²) in [6.45, 7) is 2.56. The SMILES string of the molecule is O=CN1CCN(c2ncc3c(n2)C[C@@H](c2ccccc2F)CC3=O)CC1. The van der Waals surface area contributed by atoms with Gasteiger partial charge in [0.2, 0.25) is 12.4 Å². The van der Waals surface area contributed by atoms with Crippen molar-refractivity contribution in [1.29, 1.82) is 0 Å². The fourth-order valence-electron chi connectivity index (χ4n) is 3.64. The molecule has 1 aliphatic heterocycles. The monoisotopic (exact) mass is 354 g/mol. The smallest absolute Gasteiger partial charge is 0.225 e. The Morgan fingerprint density at radius 3 is 2.62 bits per heavy atom. The van der Waals surface area contributed by atoms with Crippen molar-refractivity contribution in [2.45, 2.75) is 18.8 Å². The lowest BCUT2D eigenvalue weighted by molar-refractivity contribution is -0.118. The second-order valence-electron chi connectivity index (χ2n) is 6.71. The number of anilines is 1. The first-order valence-corrected chi connectivity index (χ1v) is 8.73. The molecule has 0 bridgehead atoms. The zero-order chi connectivity index (χ0) is 18.1. The molecule has 0 unspecified atom stereocenters. The molecule has 6 nitrogen and oxygen atoms in total. The molecule has 0 spiro atoms. The van der Waals surface area contributed by atoms with E-state index in [0.717, 1.165) is 6.41 Å². The number of rotatable bonds is 3. The Kier molecular flexibility index (Phi) is 4.36. The second kappa shape index (κ2) is 6.82. The van der Waals surface area contributed by atoms with Crippen molar-refractivity contribution in [1.82, 2.24) is 14.9 Å². The molecule has 0 radical (unpaired) electrons. The molecule has 7 heteroatoms. The Morgan fingerprint density at radius 2 is 1.88 bits per heavy atom. The van der Waals surface area contributed by atoms with Gasteiger partial charge in [0.05, 0.1) is 11.3 Å². The summed E-state index contributed by atoms with van der Waals surface area (Å²) in [7, 11) is 0. The fraction of sp³-hybridized carbons (Fsp3) is 0.368. The number of fused-ring (bicyclic) bond motifs is 1. The van der Waals surface area contributed by atoms with Crippen LogP contribution in [0.1, 0.15) is 34.0 Å². The molecule has 1 fully saturated rings. The van der Waals surface area contributed by atoms with E-state index in [1.165, 1.54) is 6.07 Å². The second-order valence-corrected chi connectivity index (χ2v) is 6.71. The van der Waals surface area contributed by atoms with Crippen LogP contribution in [-0.4, -0.2) is 53.2 Å². The number of benzene rings is 1. The molecule has 1 amide bonds. The van der Waals surface area contributed by atoms with Gasteiger partial charge in [-0.1, -0.05) is 18.2 Å². The van der Waals surface area contributed by atoms with Crippen LogP contribution in [0.5, 0.6) is 0 Å². The maximum atomic E-state index is 14.1. The lowest BCUT2D eigenvalue weighted by atomic mass is 9.82. The van der Waals surface area contributed by atoms with E-state index < -0.39 is 0 Å². The zero-order valence-corrected chi connectivity index (χ0v) is 14.3. The van der Waals surface area contributed by atoms with Gasteiger partial charge in [-0.2, -0.15) is 0 Å². The summed E-state index contributed by atoms with van der Waals surface area (Å²) in [6.07, 6.45) is 3.23. The summed E-state index contributed by atoms with van der Waals surface area (Å²) in [5.41, 5.74) is 1.77. The molecule has 0 saturated carbocycles. The predicted octanol–water partition coefficient (Wildman–Crippen LogP) is 1.81. The average molecular weight is 354 g/mol. The number of Topliss-reactive ketones (excluding diaryl/α,β-unsaturated/α-hetero) is 1. The van der Waals surface area contributed by atoms with Crippen molar-refractivity contribution in [2.75, 3.05) is 31.1 Å². The predicted molar refractivity (Wildman–Crippen MR) is 93.7 cm³/mol. The maximum absolute atomic E-state index is 14.1. The van der Waals surface area contributed by atoms with Gasteiger partial charge in [0.25, 0.3) is 0 Å². The first kappa shape index (κ1) is 16.6. The third-order valence-corrected chi connectivity index (χ3v) is 5.12. The Labute approximate surface area is 150 Å². The summed E-state index contributed by atoms with van der Waals surface area (Å²) >= 11 is 0. The van der Waals surface area contributed by atoms with Gasteiger partial charge in [-0.15, -0.1) is 0 Å². The number of aromatic nitrogens is 2. The van der Waals surface area contributed by atoms with Crippen LogP contribution in [0, 0.1) is 5.82 Å². The highest BCUT2D eigenvalue weighted by Crippen LogP contribution is 2.33. The molecule has 1 aromatic heterocycles. The van der Waals surface area contributed by atoms with Crippen molar-refractivity contribution in [3.05, 3.63) is 53.1 Å². The minimum Gasteiger partial charge on any atom is -0.342 e. The summed E-state index contributed by atoms with van der Waals surface area (Å²) in [5, 5.41) is 0. The number of carbonyl (C=O) groups is 2. The quantitative estimate of drug-likeness (QED) is 0.787. The highest BCUT2D eigenvalue weighted by molar-refractivity contribution is 5.98. The van der Waals surface area contributed by atoms with Crippen molar-refractivity contribution >= 4 is 18.1 Å². The summed E-state index contributed by atoms with van der Waals surface area (Å²) in [6, 6.07) is 6.60. The molecule has 26 heavy (non-hydrogen) atoms. The molecule has 2 aromatic rings. The minimum absolute atomic E-state index is 0.0446.